The summed E-state index contributed by atoms with van der Waals surface area (Å²) >= 11 is 0. The summed E-state index contributed by atoms with van der Waals surface area (Å²) in [5.74, 6) is -0.864. The molecule has 9 heteroatoms. The SMILES string of the molecule is CCN(CC)S(=O)(=O)c1cccc(NC(=O)c2cn(-c3ccccc3)nc2-c2ccc(F)cc2)c1. The molecule has 0 aliphatic heterocycles. The molecule has 0 saturated carbocycles. The summed E-state index contributed by atoms with van der Waals surface area (Å²) in [7, 11) is -3.68. The molecule has 35 heavy (non-hydrogen) atoms. The van der Waals surface area contributed by atoms with Gasteiger partial charge in [0.1, 0.15) is 11.5 Å². The fourth-order valence-electron chi connectivity index (χ4n) is 3.72. The number of amides is 1. The highest BCUT2D eigenvalue weighted by Gasteiger charge is 2.23. The van der Waals surface area contributed by atoms with Crippen LogP contribution in [-0.2, 0) is 10.0 Å². The second kappa shape index (κ2) is 10.2. The molecule has 0 spiro atoms. The standard InChI is InChI=1S/C26H25FN4O3S/c1-3-30(4-2)35(33,34)23-12-8-9-21(17-23)28-26(32)24-18-31(22-10-6-5-7-11-22)29-25(24)19-13-15-20(27)16-14-19/h5-18H,3-4H2,1-2H3,(H,28,32). The van der Waals surface area contributed by atoms with Crippen molar-refractivity contribution in [1.29, 1.82) is 0 Å². The van der Waals surface area contributed by atoms with Gasteiger partial charge in [-0.15, -0.1) is 0 Å². The van der Waals surface area contributed by atoms with Crippen molar-refractivity contribution in [3.05, 3.63) is 96.4 Å². The Hall–Kier alpha value is -3.82. The number of carbonyl (C=O) groups is 1. The molecule has 1 aromatic heterocycles. The van der Waals surface area contributed by atoms with Gasteiger partial charge in [0.15, 0.2) is 0 Å². The number of sulfonamides is 1. The summed E-state index contributed by atoms with van der Waals surface area (Å²) in [6, 6.07) is 21.2. The van der Waals surface area contributed by atoms with Gasteiger partial charge < -0.3 is 5.32 Å². The zero-order valence-electron chi connectivity index (χ0n) is 19.3. The highest BCUT2D eigenvalue weighted by molar-refractivity contribution is 7.89. The summed E-state index contributed by atoms with van der Waals surface area (Å²) in [6.07, 6.45) is 1.60. The third kappa shape index (κ3) is 5.16. The van der Waals surface area contributed by atoms with Gasteiger partial charge in [0.25, 0.3) is 5.91 Å². The van der Waals surface area contributed by atoms with Gasteiger partial charge in [-0.25, -0.2) is 17.5 Å². The number of hydrogen-bond donors (Lipinski definition) is 1. The first-order chi connectivity index (χ1) is 16.8. The van der Waals surface area contributed by atoms with E-state index < -0.39 is 21.7 Å². The maximum absolute atomic E-state index is 13.5. The minimum absolute atomic E-state index is 0.0951. The van der Waals surface area contributed by atoms with Gasteiger partial charge in [0.2, 0.25) is 10.0 Å². The number of benzene rings is 3. The lowest BCUT2D eigenvalue weighted by atomic mass is 10.1. The Kier molecular flexibility index (Phi) is 7.09. The Bertz CT molecular complexity index is 1430. The highest BCUT2D eigenvalue weighted by Crippen LogP contribution is 2.26. The average molecular weight is 493 g/mol. The van der Waals surface area contributed by atoms with Crippen LogP contribution >= 0.6 is 0 Å². The molecule has 0 radical (unpaired) electrons. The molecular formula is C26H25FN4O3S. The van der Waals surface area contributed by atoms with E-state index in [9.17, 15) is 17.6 Å². The number of rotatable bonds is 8. The molecule has 1 N–H and O–H groups in total. The monoisotopic (exact) mass is 492 g/mol. The Labute approximate surface area is 203 Å². The summed E-state index contributed by atoms with van der Waals surface area (Å²) < 4.78 is 42.2. The lowest BCUT2D eigenvalue weighted by Gasteiger charge is -2.18. The Morgan fingerprint density at radius 1 is 0.971 bits per heavy atom. The van der Waals surface area contributed by atoms with E-state index in [-0.39, 0.29) is 10.5 Å². The molecule has 1 amide bonds. The van der Waals surface area contributed by atoms with Crippen LogP contribution in [0, 0.1) is 5.82 Å². The van der Waals surface area contributed by atoms with Crippen LogP contribution in [-0.4, -0.2) is 41.5 Å². The zero-order chi connectivity index (χ0) is 25.0. The maximum Gasteiger partial charge on any atom is 0.259 e. The van der Waals surface area contributed by atoms with E-state index in [1.54, 1.807) is 49.0 Å². The molecule has 0 unspecified atom stereocenters. The number of hydrogen-bond acceptors (Lipinski definition) is 4. The first-order valence-electron chi connectivity index (χ1n) is 11.2. The molecule has 0 aliphatic carbocycles. The summed E-state index contributed by atoms with van der Waals surface area (Å²) in [4.78, 5) is 13.4. The van der Waals surface area contributed by atoms with Crippen LogP contribution in [0.25, 0.3) is 16.9 Å². The van der Waals surface area contributed by atoms with E-state index in [0.29, 0.717) is 30.0 Å². The lowest BCUT2D eigenvalue weighted by molar-refractivity contribution is 0.102. The molecule has 7 nitrogen and oxygen atoms in total. The largest absolute Gasteiger partial charge is 0.322 e. The van der Waals surface area contributed by atoms with Gasteiger partial charge in [-0.1, -0.05) is 38.1 Å². The molecule has 0 atom stereocenters. The molecule has 4 rings (SSSR count). The van der Waals surface area contributed by atoms with Crippen LogP contribution in [0.2, 0.25) is 0 Å². The molecule has 4 aromatic rings. The van der Waals surface area contributed by atoms with E-state index in [1.165, 1.54) is 28.6 Å². The minimum atomic E-state index is -3.68. The Morgan fingerprint density at radius 2 is 1.66 bits per heavy atom. The zero-order valence-corrected chi connectivity index (χ0v) is 20.2. The second-order valence-electron chi connectivity index (χ2n) is 7.75. The van der Waals surface area contributed by atoms with Gasteiger partial charge in [0.05, 0.1) is 16.1 Å². The average Bonchev–Trinajstić information content (AvgIpc) is 3.32. The summed E-state index contributed by atoms with van der Waals surface area (Å²) in [5.41, 5.74) is 2.29. The van der Waals surface area contributed by atoms with Gasteiger partial charge in [-0.05, 0) is 54.6 Å². The predicted octanol–water partition coefficient (Wildman–Crippen LogP) is 4.96. The third-order valence-corrected chi connectivity index (χ3v) is 7.58. The second-order valence-corrected chi connectivity index (χ2v) is 9.69. The van der Waals surface area contributed by atoms with E-state index in [0.717, 1.165) is 5.69 Å². The molecule has 0 bridgehead atoms. The number of aromatic nitrogens is 2. The number of para-hydroxylation sites is 1. The van der Waals surface area contributed by atoms with E-state index in [1.807, 2.05) is 30.3 Å². The van der Waals surface area contributed by atoms with Crippen molar-refractivity contribution in [3.63, 3.8) is 0 Å². The smallest absolute Gasteiger partial charge is 0.259 e. The van der Waals surface area contributed by atoms with E-state index in [2.05, 4.69) is 10.4 Å². The number of anilines is 1. The normalized spacial score (nSPS) is 11.5. The predicted molar refractivity (Wildman–Crippen MR) is 133 cm³/mol. The quantitative estimate of drug-likeness (QED) is 0.377. The third-order valence-electron chi connectivity index (χ3n) is 5.53. The molecule has 0 saturated heterocycles. The minimum Gasteiger partial charge on any atom is -0.322 e. The fourth-order valence-corrected chi connectivity index (χ4v) is 5.22. The van der Waals surface area contributed by atoms with Crippen molar-refractivity contribution < 1.29 is 17.6 Å². The van der Waals surface area contributed by atoms with Crippen molar-refractivity contribution in [2.75, 3.05) is 18.4 Å². The molecule has 0 aliphatic rings. The van der Waals surface area contributed by atoms with Crippen LogP contribution in [0.1, 0.15) is 24.2 Å². The maximum atomic E-state index is 13.5. The van der Waals surface area contributed by atoms with E-state index >= 15 is 0 Å². The number of nitrogens with one attached hydrogen (secondary N) is 1. The van der Waals surface area contributed by atoms with Crippen molar-refractivity contribution in [1.82, 2.24) is 14.1 Å². The van der Waals surface area contributed by atoms with Crippen molar-refractivity contribution in [2.45, 2.75) is 18.7 Å². The molecular weight excluding hydrogens is 467 g/mol. The molecule has 180 valence electrons. The number of carbonyl (C=O) groups excluding carboxylic acids is 1. The van der Waals surface area contributed by atoms with Crippen LogP contribution in [0.15, 0.2) is 90.0 Å². The van der Waals surface area contributed by atoms with Crippen LogP contribution < -0.4 is 5.32 Å². The van der Waals surface area contributed by atoms with Crippen LogP contribution in [0.4, 0.5) is 10.1 Å². The van der Waals surface area contributed by atoms with Crippen molar-refractivity contribution >= 4 is 21.6 Å². The topological polar surface area (TPSA) is 84.3 Å². The summed E-state index contributed by atoms with van der Waals surface area (Å²) in [5, 5.41) is 7.36. The molecule has 1 heterocycles. The fraction of sp³-hybridized carbons (Fsp3) is 0.154. The van der Waals surface area contributed by atoms with Gasteiger partial charge >= 0.3 is 0 Å². The number of nitrogens with zero attached hydrogens (tertiary/aromatic N) is 3. The van der Waals surface area contributed by atoms with Gasteiger partial charge in [0, 0.05) is 30.5 Å². The molecule has 0 fully saturated rings. The number of halogens is 1. The lowest BCUT2D eigenvalue weighted by Crippen LogP contribution is -2.30. The summed E-state index contributed by atoms with van der Waals surface area (Å²) in [6.45, 7) is 4.23. The molecule has 3 aromatic carbocycles. The van der Waals surface area contributed by atoms with Crippen LogP contribution in [0.3, 0.4) is 0 Å². The van der Waals surface area contributed by atoms with Gasteiger partial charge in [-0.2, -0.15) is 9.40 Å². The van der Waals surface area contributed by atoms with Crippen molar-refractivity contribution in [3.8, 4) is 16.9 Å². The first kappa shape index (κ1) is 24.3. The Balaban J connectivity index is 1.71. The van der Waals surface area contributed by atoms with Gasteiger partial charge in [-0.3, -0.25) is 4.79 Å². The first-order valence-corrected chi connectivity index (χ1v) is 12.6. The van der Waals surface area contributed by atoms with E-state index in [4.69, 9.17) is 0 Å². The highest BCUT2D eigenvalue weighted by atomic mass is 32.2. The van der Waals surface area contributed by atoms with Crippen molar-refractivity contribution in [2.24, 2.45) is 0 Å². The Morgan fingerprint density at radius 3 is 2.31 bits per heavy atom. The van der Waals surface area contributed by atoms with Crippen LogP contribution in [0.5, 0.6) is 0 Å².